The normalized spacial score (nSPS) is 15.2. The van der Waals surface area contributed by atoms with Crippen LogP contribution in [0.1, 0.15) is 37.7 Å². The van der Waals surface area contributed by atoms with Gasteiger partial charge in [-0.1, -0.05) is 0 Å². The molecule has 10 heteroatoms. The van der Waals surface area contributed by atoms with E-state index in [1.807, 2.05) is 43.4 Å². The van der Waals surface area contributed by atoms with Crippen molar-refractivity contribution in [1.82, 2.24) is 9.88 Å². The van der Waals surface area contributed by atoms with Crippen molar-refractivity contribution in [3.63, 3.8) is 0 Å². The molecule has 1 saturated heterocycles. The monoisotopic (exact) mass is 559 g/mol. The van der Waals surface area contributed by atoms with Crippen LogP contribution in [0.5, 0.6) is 11.5 Å². The third-order valence-corrected chi connectivity index (χ3v) is 7.86. The first kappa shape index (κ1) is 29.5. The van der Waals surface area contributed by atoms with Gasteiger partial charge in [0, 0.05) is 38.2 Å². The molecule has 0 bridgehead atoms. The van der Waals surface area contributed by atoms with E-state index in [0.29, 0.717) is 19.6 Å². The highest BCUT2D eigenvalue weighted by Crippen LogP contribution is 2.41. The van der Waals surface area contributed by atoms with Crippen LogP contribution in [-0.4, -0.2) is 68.4 Å². The topological polar surface area (TPSA) is 75.1 Å². The molecule has 0 radical (unpaired) electrons. The number of fused-ring (bicyclic) bond motifs is 1. The fourth-order valence-corrected chi connectivity index (χ4v) is 5.63. The summed E-state index contributed by atoms with van der Waals surface area (Å²) in [5.74, 6) is -4.20. The zero-order chi connectivity index (χ0) is 28.9. The van der Waals surface area contributed by atoms with Crippen molar-refractivity contribution in [1.29, 1.82) is 0 Å². The van der Waals surface area contributed by atoms with Crippen molar-refractivity contribution in [2.75, 3.05) is 52.3 Å². The lowest BCUT2D eigenvalue weighted by Crippen LogP contribution is -2.42. The van der Waals surface area contributed by atoms with Gasteiger partial charge >= 0.3 is 5.97 Å². The fourth-order valence-electron chi connectivity index (χ4n) is 5.63. The first-order chi connectivity index (χ1) is 19.1. The summed E-state index contributed by atoms with van der Waals surface area (Å²) in [6.07, 6.45) is 5.83. The quantitative estimate of drug-likeness (QED) is 0.286. The van der Waals surface area contributed by atoms with Gasteiger partial charge in [0.2, 0.25) is 0 Å². The number of benzene rings is 2. The van der Waals surface area contributed by atoms with Crippen LogP contribution in [0.25, 0.3) is 10.9 Å². The van der Waals surface area contributed by atoms with Crippen LogP contribution in [0.15, 0.2) is 36.5 Å². The van der Waals surface area contributed by atoms with Crippen LogP contribution in [0.2, 0.25) is 0 Å². The Hall–Kier alpha value is -3.53. The number of piperidine rings is 1. The number of carbonyl (C=O) groups is 1. The first-order valence-electron chi connectivity index (χ1n) is 13.5. The van der Waals surface area contributed by atoms with Gasteiger partial charge in [0.25, 0.3) is 0 Å². The van der Waals surface area contributed by atoms with Crippen molar-refractivity contribution >= 4 is 22.6 Å². The van der Waals surface area contributed by atoms with E-state index in [4.69, 9.17) is 9.47 Å². The molecule has 216 valence electrons. The van der Waals surface area contributed by atoms with Crippen molar-refractivity contribution < 1.29 is 32.5 Å². The summed E-state index contributed by atoms with van der Waals surface area (Å²) in [7, 11) is 5.61. The van der Waals surface area contributed by atoms with Gasteiger partial charge in [0.15, 0.2) is 17.5 Å². The van der Waals surface area contributed by atoms with Crippen LogP contribution >= 0.6 is 0 Å². The third kappa shape index (κ3) is 6.96. The van der Waals surface area contributed by atoms with Crippen LogP contribution in [0, 0.1) is 22.9 Å². The second-order valence-corrected chi connectivity index (χ2v) is 10.7. The number of nitrogens with zero attached hydrogens (tertiary/aromatic N) is 3. The van der Waals surface area contributed by atoms with Gasteiger partial charge in [0.05, 0.1) is 30.9 Å². The van der Waals surface area contributed by atoms with E-state index in [2.05, 4.69) is 9.88 Å². The lowest BCUT2D eigenvalue weighted by molar-refractivity contribution is -0.140. The Kier molecular flexibility index (Phi) is 9.40. The predicted molar refractivity (Wildman–Crippen MR) is 148 cm³/mol. The lowest BCUT2D eigenvalue weighted by Gasteiger charge is -2.41. The number of aryl methyl sites for hydroxylation is 1. The Labute approximate surface area is 232 Å². The molecule has 0 aliphatic carbocycles. The number of pyridine rings is 1. The maximum atomic E-state index is 13.4. The summed E-state index contributed by atoms with van der Waals surface area (Å²) in [5.41, 5.74) is 2.78. The number of likely N-dealkylation sites (tertiary alicyclic amines) is 1. The molecule has 7 nitrogen and oxygen atoms in total. The average Bonchev–Trinajstić information content (AvgIpc) is 2.92. The maximum absolute atomic E-state index is 13.4. The summed E-state index contributed by atoms with van der Waals surface area (Å²) < 4.78 is 50.9. The van der Waals surface area contributed by atoms with Gasteiger partial charge in [-0.25, -0.2) is 13.2 Å². The van der Waals surface area contributed by atoms with Crippen LogP contribution in [0.4, 0.5) is 18.9 Å². The Balaban J connectivity index is 1.38. The minimum Gasteiger partial charge on any atom is -0.497 e. The fraction of sp³-hybridized carbons (Fsp3) is 0.467. The van der Waals surface area contributed by atoms with Crippen molar-refractivity contribution in [3.05, 3.63) is 59.5 Å². The smallest absolute Gasteiger partial charge is 0.303 e. The molecule has 0 spiro atoms. The Morgan fingerprint density at radius 3 is 2.42 bits per heavy atom. The summed E-state index contributed by atoms with van der Waals surface area (Å²) in [6.45, 7) is 2.09. The number of aliphatic carboxylic acids is 1. The highest BCUT2D eigenvalue weighted by atomic mass is 19.2. The van der Waals surface area contributed by atoms with Crippen molar-refractivity contribution in [2.45, 2.75) is 38.5 Å². The summed E-state index contributed by atoms with van der Waals surface area (Å²) in [6, 6.07) is 7.51. The lowest BCUT2D eigenvalue weighted by atomic mass is 9.72. The molecule has 4 rings (SSSR count). The minimum absolute atomic E-state index is 0.0630. The number of carboxylic acids is 1. The number of ether oxygens (including phenoxy) is 2. The molecule has 0 amide bonds. The van der Waals surface area contributed by atoms with Crippen molar-refractivity contribution in [3.8, 4) is 11.5 Å². The van der Waals surface area contributed by atoms with E-state index in [0.717, 1.165) is 66.6 Å². The number of hydrogen-bond donors (Lipinski definition) is 1. The Bertz CT molecular complexity index is 1320. The van der Waals surface area contributed by atoms with E-state index in [1.165, 1.54) is 5.56 Å². The first-order valence-corrected chi connectivity index (χ1v) is 13.5. The number of rotatable bonds is 12. The van der Waals surface area contributed by atoms with Crippen LogP contribution < -0.4 is 14.4 Å². The zero-order valence-corrected chi connectivity index (χ0v) is 23.2. The molecule has 0 saturated carbocycles. The zero-order valence-electron chi connectivity index (χ0n) is 23.2. The largest absolute Gasteiger partial charge is 0.497 e. The van der Waals surface area contributed by atoms with Gasteiger partial charge in [-0.3, -0.25) is 14.7 Å². The molecule has 40 heavy (non-hydrogen) atoms. The molecule has 3 aromatic rings. The SMILES string of the molecule is COc1ccc2ncc(N(C)C)c(CCCC3(CC(=O)O)CCN(CCOc4cc(F)c(F)c(F)c4)CC3)c2c1. The number of aromatic nitrogens is 1. The van der Waals surface area contributed by atoms with E-state index in [-0.39, 0.29) is 24.2 Å². The number of hydrogen-bond acceptors (Lipinski definition) is 6. The van der Waals surface area contributed by atoms with E-state index in [1.54, 1.807) is 7.11 Å². The van der Waals surface area contributed by atoms with Gasteiger partial charge in [-0.2, -0.15) is 0 Å². The van der Waals surface area contributed by atoms with Crippen LogP contribution in [0.3, 0.4) is 0 Å². The molecule has 1 aliphatic rings. The molecule has 1 aliphatic heterocycles. The summed E-state index contributed by atoms with van der Waals surface area (Å²) in [4.78, 5) is 20.6. The minimum atomic E-state index is -1.52. The number of methoxy groups -OCH3 is 1. The summed E-state index contributed by atoms with van der Waals surface area (Å²) in [5, 5.41) is 10.7. The summed E-state index contributed by atoms with van der Waals surface area (Å²) >= 11 is 0. The molecule has 2 heterocycles. The molecule has 0 atom stereocenters. The van der Waals surface area contributed by atoms with E-state index < -0.39 is 23.4 Å². The molecular formula is C30H36F3N3O4. The second kappa shape index (κ2) is 12.8. The second-order valence-electron chi connectivity index (χ2n) is 10.7. The molecule has 1 fully saturated rings. The van der Waals surface area contributed by atoms with E-state index >= 15 is 0 Å². The standard InChI is InChI=1S/C30H36F3N3O4/c1-35(2)27-19-34-26-7-6-20(39-3)15-23(26)22(27)5-4-8-30(18-28(37)38)9-11-36(12-10-30)13-14-40-21-16-24(31)29(33)25(32)17-21/h6-7,15-17,19H,4-5,8-14,18H2,1-3H3,(H,37,38). The maximum Gasteiger partial charge on any atom is 0.303 e. The van der Waals surface area contributed by atoms with E-state index in [9.17, 15) is 23.1 Å². The molecular weight excluding hydrogens is 523 g/mol. The number of halogens is 3. The Morgan fingerprint density at radius 1 is 1.10 bits per heavy atom. The molecule has 0 unspecified atom stereocenters. The Morgan fingerprint density at radius 2 is 1.80 bits per heavy atom. The van der Waals surface area contributed by atoms with Gasteiger partial charge < -0.3 is 19.5 Å². The predicted octanol–water partition coefficient (Wildman–Crippen LogP) is 5.69. The highest BCUT2D eigenvalue weighted by molar-refractivity contribution is 5.88. The van der Waals surface area contributed by atoms with Crippen molar-refractivity contribution in [2.24, 2.45) is 5.41 Å². The van der Waals surface area contributed by atoms with Crippen LogP contribution in [-0.2, 0) is 11.2 Å². The average molecular weight is 560 g/mol. The molecule has 1 N–H and O–H groups in total. The van der Waals surface area contributed by atoms with Gasteiger partial charge in [-0.15, -0.1) is 0 Å². The van der Waals surface area contributed by atoms with Gasteiger partial charge in [-0.05, 0) is 74.4 Å². The third-order valence-electron chi connectivity index (χ3n) is 7.86. The van der Waals surface area contributed by atoms with Gasteiger partial charge in [0.1, 0.15) is 18.1 Å². The molecule has 1 aromatic heterocycles. The number of carboxylic acid groups (broad SMARTS) is 1. The molecule has 2 aromatic carbocycles. The number of anilines is 1. The highest BCUT2D eigenvalue weighted by Gasteiger charge is 2.36.